The van der Waals surface area contributed by atoms with Gasteiger partial charge in [-0.2, -0.15) is 5.26 Å². The fraction of sp³-hybridized carbons (Fsp3) is 0.379. The fourth-order valence-electron chi connectivity index (χ4n) is 5.76. The Balaban J connectivity index is 1.40. The van der Waals surface area contributed by atoms with Gasteiger partial charge in [0.2, 0.25) is 0 Å². The number of para-hydroxylation sites is 1. The quantitative estimate of drug-likeness (QED) is 0.406. The summed E-state index contributed by atoms with van der Waals surface area (Å²) in [7, 11) is 4.12. The van der Waals surface area contributed by atoms with Gasteiger partial charge in [0, 0.05) is 38.4 Å². The Kier molecular flexibility index (Phi) is 6.01. The van der Waals surface area contributed by atoms with Crippen LogP contribution in [-0.2, 0) is 23.9 Å². The van der Waals surface area contributed by atoms with Gasteiger partial charge < -0.3 is 19.4 Å². The van der Waals surface area contributed by atoms with Crippen LogP contribution in [0.1, 0.15) is 43.6 Å². The number of nitrogens with one attached hydrogen (secondary N) is 1. The predicted octanol–water partition coefficient (Wildman–Crippen LogP) is 4.88. The van der Waals surface area contributed by atoms with Crippen LogP contribution in [0.25, 0.3) is 22.3 Å². The van der Waals surface area contributed by atoms with E-state index in [-0.39, 0.29) is 17.3 Å². The normalized spacial score (nSPS) is 16.6. The molecule has 0 unspecified atom stereocenters. The van der Waals surface area contributed by atoms with Crippen LogP contribution in [-0.4, -0.2) is 50.8 Å². The number of pyridine rings is 2. The van der Waals surface area contributed by atoms with Crippen molar-refractivity contribution in [3.05, 3.63) is 59.7 Å². The molecule has 2 aliphatic rings. The number of aromatic nitrogens is 4. The zero-order chi connectivity index (χ0) is 26.4. The molecule has 1 saturated heterocycles. The third-order valence-corrected chi connectivity index (χ3v) is 7.64. The third kappa shape index (κ3) is 3.97. The molecular formula is C29H31N7O2. The molecule has 1 fully saturated rings. The number of nitrogens with zero attached hydrogens (tertiary/aromatic N) is 6. The van der Waals surface area contributed by atoms with Crippen LogP contribution in [0.4, 0.5) is 11.5 Å². The first-order chi connectivity index (χ1) is 18.4. The third-order valence-electron chi connectivity index (χ3n) is 7.64. The first kappa shape index (κ1) is 24.3. The summed E-state index contributed by atoms with van der Waals surface area (Å²) in [5.41, 5.74) is 6.35. The summed E-state index contributed by atoms with van der Waals surface area (Å²) >= 11 is 0. The van der Waals surface area contributed by atoms with Gasteiger partial charge in [0.25, 0.3) is 0 Å². The molecule has 9 heteroatoms. The van der Waals surface area contributed by atoms with Gasteiger partial charge in [-0.05, 0) is 51.4 Å². The zero-order valence-electron chi connectivity index (χ0n) is 22.2. The average molecular weight is 510 g/mol. The summed E-state index contributed by atoms with van der Waals surface area (Å²) in [6.07, 6.45) is 3.63. The van der Waals surface area contributed by atoms with E-state index in [1.54, 1.807) is 6.33 Å². The zero-order valence-corrected chi connectivity index (χ0v) is 22.2. The molecule has 0 bridgehead atoms. The Labute approximate surface area is 222 Å². The molecule has 2 aliphatic heterocycles. The molecule has 3 aromatic heterocycles. The maximum atomic E-state index is 10.1. The molecule has 6 rings (SSSR count). The second-order valence-corrected chi connectivity index (χ2v) is 10.4. The van der Waals surface area contributed by atoms with Crippen LogP contribution in [0.3, 0.4) is 0 Å². The van der Waals surface area contributed by atoms with Crippen LogP contribution < -0.4 is 10.1 Å². The standard InChI is InChI=1S/C29H31N7O2/c1-18(2)38-25-14-21(22(15-30)34-28(25)19-6-5-7-24-27(19)31-17-35(24)3)32-26-9-8-20-23(33-26)16-36(4)29(20)10-12-37-13-11-29/h5-9,14,17-18H,10-13,16H2,1-4H3,(H,32,33). The van der Waals surface area contributed by atoms with Crippen molar-refractivity contribution in [3.8, 4) is 23.1 Å². The number of benzene rings is 1. The number of nitriles is 1. The smallest absolute Gasteiger partial charge is 0.164 e. The van der Waals surface area contributed by atoms with Crippen molar-refractivity contribution in [2.24, 2.45) is 7.05 Å². The van der Waals surface area contributed by atoms with Crippen molar-refractivity contribution in [2.45, 2.75) is 44.9 Å². The number of imidazole rings is 1. The van der Waals surface area contributed by atoms with Crippen LogP contribution in [0.5, 0.6) is 5.75 Å². The van der Waals surface area contributed by atoms with Gasteiger partial charge in [-0.15, -0.1) is 0 Å². The van der Waals surface area contributed by atoms with Crippen LogP contribution in [0.2, 0.25) is 0 Å². The van der Waals surface area contributed by atoms with E-state index in [9.17, 15) is 5.26 Å². The number of anilines is 2. The van der Waals surface area contributed by atoms with Crippen LogP contribution in [0, 0.1) is 11.3 Å². The Morgan fingerprint density at radius 3 is 2.71 bits per heavy atom. The second-order valence-electron chi connectivity index (χ2n) is 10.4. The molecule has 5 heterocycles. The number of aryl methyl sites for hydroxylation is 1. The molecule has 1 aromatic carbocycles. The Morgan fingerprint density at radius 2 is 1.95 bits per heavy atom. The lowest BCUT2D eigenvalue weighted by molar-refractivity contribution is -0.0132. The maximum Gasteiger partial charge on any atom is 0.164 e. The first-order valence-corrected chi connectivity index (χ1v) is 13.0. The minimum absolute atomic E-state index is 0.00903. The summed E-state index contributed by atoms with van der Waals surface area (Å²) < 4.78 is 13.8. The fourth-order valence-corrected chi connectivity index (χ4v) is 5.76. The minimum Gasteiger partial charge on any atom is -0.489 e. The highest BCUT2D eigenvalue weighted by molar-refractivity contribution is 5.93. The number of hydrogen-bond acceptors (Lipinski definition) is 8. The summed E-state index contributed by atoms with van der Waals surface area (Å²) in [5, 5.41) is 13.4. The lowest BCUT2D eigenvalue weighted by Gasteiger charge is -2.40. The number of fused-ring (bicyclic) bond motifs is 3. The summed E-state index contributed by atoms with van der Waals surface area (Å²) in [4.78, 5) is 16.7. The average Bonchev–Trinajstić information content (AvgIpc) is 3.41. The van der Waals surface area contributed by atoms with Crippen LogP contribution in [0.15, 0.2) is 42.7 Å². The van der Waals surface area contributed by atoms with E-state index in [2.05, 4.69) is 34.4 Å². The lowest BCUT2D eigenvalue weighted by atomic mass is 9.84. The number of ether oxygens (including phenoxy) is 2. The van der Waals surface area contributed by atoms with Crippen molar-refractivity contribution in [3.63, 3.8) is 0 Å². The van der Waals surface area contributed by atoms with Gasteiger partial charge in [0.1, 0.15) is 23.3 Å². The molecule has 0 amide bonds. The predicted molar refractivity (Wildman–Crippen MR) is 145 cm³/mol. The molecule has 0 radical (unpaired) electrons. The number of hydrogen-bond donors (Lipinski definition) is 1. The van der Waals surface area contributed by atoms with E-state index in [0.717, 1.165) is 54.9 Å². The molecule has 0 saturated carbocycles. The van der Waals surface area contributed by atoms with E-state index < -0.39 is 0 Å². The maximum absolute atomic E-state index is 10.1. The van der Waals surface area contributed by atoms with Gasteiger partial charge in [-0.25, -0.2) is 15.0 Å². The lowest BCUT2D eigenvalue weighted by Crippen LogP contribution is -2.43. The largest absolute Gasteiger partial charge is 0.489 e. The van der Waals surface area contributed by atoms with Gasteiger partial charge in [0.15, 0.2) is 5.69 Å². The van der Waals surface area contributed by atoms with Crippen LogP contribution >= 0.6 is 0 Å². The van der Waals surface area contributed by atoms with E-state index in [4.69, 9.17) is 19.4 Å². The van der Waals surface area contributed by atoms with E-state index >= 15 is 0 Å². The van der Waals surface area contributed by atoms with Crippen molar-refractivity contribution in [2.75, 3.05) is 25.6 Å². The van der Waals surface area contributed by atoms with Gasteiger partial charge in [-0.1, -0.05) is 18.2 Å². The van der Waals surface area contributed by atoms with E-state index in [1.165, 1.54) is 5.56 Å². The molecule has 194 valence electrons. The highest BCUT2D eigenvalue weighted by Gasteiger charge is 2.44. The molecule has 4 aromatic rings. The Morgan fingerprint density at radius 1 is 1.13 bits per heavy atom. The molecule has 0 atom stereocenters. The van der Waals surface area contributed by atoms with Gasteiger partial charge in [-0.3, -0.25) is 4.90 Å². The molecule has 0 aliphatic carbocycles. The van der Waals surface area contributed by atoms with E-state index in [0.29, 0.717) is 22.9 Å². The summed E-state index contributed by atoms with van der Waals surface area (Å²) in [6.45, 7) is 6.25. The minimum atomic E-state index is -0.0800. The van der Waals surface area contributed by atoms with Gasteiger partial charge in [0.05, 0.1) is 40.4 Å². The Hall–Kier alpha value is -4.00. The topological polar surface area (TPSA) is 101 Å². The Bertz CT molecular complexity index is 1560. The molecule has 38 heavy (non-hydrogen) atoms. The molecular weight excluding hydrogens is 478 g/mol. The van der Waals surface area contributed by atoms with Crippen molar-refractivity contribution in [1.82, 2.24) is 24.4 Å². The second kappa shape index (κ2) is 9.39. The first-order valence-electron chi connectivity index (χ1n) is 13.0. The van der Waals surface area contributed by atoms with E-state index in [1.807, 2.05) is 55.8 Å². The highest BCUT2D eigenvalue weighted by atomic mass is 16.5. The monoisotopic (exact) mass is 509 g/mol. The van der Waals surface area contributed by atoms with Crippen molar-refractivity contribution in [1.29, 1.82) is 5.26 Å². The van der Waals surface area contributed by atoms with Gasteiger partial charge >= 0.3 is 0 Å². The van der Waals surface area contributed by atoms with Crippen molar-refractivity contribution >= 4 is 22.5 Å². The molecule has 9 nitrogen and oxygen atoms in total. The summed E-state index contributed by atoms with van der Waals surface area (Å²) in [6, 6.07) is 14.2. The SMILES string of the molecule is CC(C)Oc1cc(Nc2ccc3c(n2)CN(C)C32CCOCC2)c(C#N)nc1-c1cccc2c1ncn2C. The summed E-state index contributed by atoms with van der Waals surface area (Å²) in [5.74, 6) is 1.26. The number of rotatable bonds is 5. The molecule has 1 spiro atoms. The van der Waals surface area contributed by atoms with Crippen molar-refractivity contribution < 1.29 is 9.47 Å². The molecule has 1 N–H and O–H groups in total. The highest BCUT2D eigenvalue weighted by Crippen LogP contribution is 2.45.